The number of hydrogen-bond donors (Lipinski definition) is 0. The highest BCUT2D eigenvalue weighted by molar-refractivity contribution is 5.59. The summed E-state index contributed by atoms with van der Waals surface area (Å²) in [7, 11) is 0. The highest BCUT2D eigenvalue weighted by Crippen LogP contribution is 2.32. The second-order valence-corrected chi connectivity index (χ2v) is 5.06. The average molecular weight is 242 g/mol. The van der Waals surface area contributed by atoms with Gasteiger partial charge in [-0.25, -0.2) is 4.98 Å². The van der Waals surface area contributed by atoms with Gasteiger partial charge in [-0.2, -0.15) is 0 Å². The van der Waals surface area contributed by atoms with E-state index in [4.69, 9.17) is 4.42 Å². The Balaban J connectivity index is 1.89. The number of oxazole rings is 1. The summed E-state index contributed by atoms with van der Waals surface area (Å²) in [4.78, 5) is 6.85. The van der Waals surface area contributed by atoms with Gasteiger partial charge < -0.3 is 9.32 Å². The van der Waals surface area contributed by atoms with Gasteiger partial charge in [-0.05, 0) is 38.8 Å². The lowest BCUT2D eigenvalue weighted by Crippen LogP contribution is -2.28. The number of aryl methyl sites for hydroxylation is 2. The molecule has 0 saturated heterocycles. The monoisotopic (exact) mass is 242 g/mol. The van der Waals surface area contributed by atoms with Crippen LogP contribution in [0.5, 0.6) is 0 Å². The number of rotatable bonds is 2. The number of para-hydroxylation sites is 1. The Labute approximate surface area is 107 Å². The number of fused-ring (bicyclic) bond motifs is 1. The highest BCUT2D eigenvalue weighted by atomic mass is 16.4. The van der Waals surface area contributed by atoms with E-state index in [2.05, 4.69) is 41.1 Å². The Morgan fingerprint density at radius 2 is 2.11 bits per heavy atom. The number of hydrogen-bond acceptors (Lipinski definition) is 3. The zero-order valence-corrected chi connectivity index (χ0v) is 11.1. The van der Waals surface area contributed by atoms with Crippen molar-refractivity contribution in [3.05, 3.63) is 47.2 Å². The number of anilines is 1. The molecule has 94 valence electrons. The van der Waals surface area contributed by atoms with E-state index in [0.717, 1.165) is 30.3 Å². The molecule has 0 N–H and O–H groups in total. The van der Waals surface area contributed by atoms with Gasteiger partial charge in [0.1, 0.15) is 5.76 Å². The van der Waals surface area contributed by atoms with Gasteiger partial charge in [-0.1, -0.05) is 18.2 Å². The Morgan fingerprint density at radius 1 is 1.33 bits per heavy atom. The van der Waals surface area contributed by atoms with Gasteiger partial charge >= 0.3 is 0 Å². The molecule has 0 spiro atoms. The molecule has 2 heterocycles. The maximum Gasteiger partial charge on any atom is 0.214 e. The normalized spacial score (nSPS) is 18.2. The van der Waals surface area contributed by atoms with Gasteiger partial charge in [0.05, 0.1) is 12.2 Å². The predicted octanol–water partition coefficient (Wildman–Crippen LogP) is 3.24. The molecule has 0 amide bonds. The zero-order chi connectivity index (χ0) is 12.7. The first-order valence-electron chi connectivity index (χ1n) is 6.42. The van der Waals surface area contributed by atoms with Crippen molar-refractivity contribution in [1.82, 2.24) is 4.98 Å². The summed E-state index contributed by atoms with van der Waals surface area (Å²) < 4.78 is 5.69. The molecule has 18 heavy (non-hydrogen) atoms. The topological polar surface area (TPSA) is 29.3 Å². The SMILES string of the molecule is Cc1nc(CN2c3ccccc3CC2C)oc1C. The Kier molecular flexibility index (Phi) is 2.62. The van der Waals surface area contributed by atoms with Crippen LogP contribution in [0.15, 0.2) is 28.7 Å². The van der Waals surface area contributed by atoms with E-state index in [9.17, 15) is 0 Å². The van der Waals surface area contributed by atoms with E-state index < -0.39 is 0 Å². The van der Waals surface area contributed by atoms with Crippen molar-refractivity contribution in [2.24, 2.45) is 0 Å². The molecule has 2 aromatic rings. The summed E-state index contributed by atoms with van der Waals surface area (Å²) in [6.07, 6.45) is 1.11. The lowest BCUT2D eigenvalue weighted by Gasteiger charge is -2.23. The van der Waals surface area contributed by atoms with Gasteiger partial charge in [0.15, 0.2) is 0 Å². The Bertz CT molecular complexity index is 554. The molecule has 0 aliphatic carbocycles. The summed E-state index contributed by atoms with van der Waals surface area (Å²) in [6.45, 7) is 6.96. The molecule has 1 atom stereocenters. The fourth-order valence-corrected chi connectivity index (χ4v) is 2.62. The van der Waals surface area contributed by atoms with E-state index in [1.165, 1.54) is 11.3 Å². The number of aromatic nitrogens is 1. The molecule has 1 aliphatic heterocycles. The Hall–Kier alpha value is -1.77. The van der Waals surface area contributed by atoms with E-state index in [0.29, 0.717) is 6.04 Å². The fourth-order valence-electron chi connectivity index (χ4n) is 2.62. The molecule has 3 nitrogen and oxygen atoms in total. The largest absolute Gasteiger partial charge is 0.444 e. The van der Waals surface area contributed by atoms with Crippen molar-refractivity contribution < 1.29 is 4.42 Å². The summed E-state index contributed by atoms with van der Waals surface area (Å²) in [6, 6.07) is 9.10. The lowest BCUT2D eigenvalue weighted by atomic mass is 10.1. The molecule has 3 heteroatoms. The van der Waals surface area contributed by atoms with Crippen molar-refractivity contribution in [1.29, 1.82) is 0 Å². The van der Waals surface area contributed by atoms with Gasteiger partial charge in [0.2, 0.25) is 5.89 Å². The smallest absolute Gasteiger partial charge is 0.214 e. The quantitative estimate of drug-likeness (QED) is 0.809. The summed E-state index contributed by atoms with van der Waals surface area (Å²) in [5.74, 6) is 1.73. The third-order valence-corrected chi connectivity index (χ3v) is 3.73. The van der Waals surface area contributed by atoms with Crippen molar-refractivity contribution >= 4 is 5.69 Å². The van der Waals surface area contributed by atoms with Gasteiger partial charge in [0, 0.05) is 11.7 Å². The molecule has 0 radical (unpaired) electrons. The lowest BCUT2D eigenvalue weighted by molar-refractivity contribution is 0.458. The summed E-state index contributed by atoms with van der Waals surface area (Å²) in [5, 5.41) is 0. The summed E-state index contributed by atoms with van der Waals surface area (Å²) in [5.41, 5.74) is 3.73. The molecule has 1 unspecified atom stereocenters. The highest BCUT2D eigenvalue weighted by Gasteiger charge is 2.26. The second-order valence-electron chi connectivity index (χ2n) is 5.06. The molecule has 3 rings (SSSR count). The first kappa shape index (κ1) is 11.3. The van der Waals surface area contributed by atoms with Crippen molar-refractivity contribution in [2.45, 2.75) is 39.8 Å². The van der Waals surface area contributed by atoms with Crippen LogP contribution in [0, 0.1) is 13.8 Å². The van der Waals surface area contributed by atoms with Crippen LogP contribution in [0.2, 0.25) is 0 Å². The predicted molar refractivity (Wildman–Crippen MR) is 71.8 cm³/mol. The Morgan fingerprint density at radius 3 is 2.83 bits per heavy atom. The van der Waals surface area contributed by atoms with Crippen molar-refractivity contribution in [3.8, 4) is 0 Å². The molecule has 1 aromatic heterocycles. The molecule has 1 aliphatic rings. The maximum atomic E-state index is 5.69. The van der Waals surface area contributed by atoms with Gasteiger partial charge in [-0.15, -0.1) is 0 Å². The summed E-state index contributed by atoms with van der Waals surface area (Å²) >= 11 is 0. The third kappa shape index (κ3) is 1.80. The molecule has 0 fully saturated rings. The minimum atomic E-state index is 0.509. The van der Waals surface area contributed by atoms with Crippen LogP contribution in [0.3, 0.4) is 0 Å². The third-order valence-electron chi connectivity index (χ3n) is 3.73. The van der Waals surface area contributed by atoms with Crippen molar-refractivity contribution in [2.75, 3.05) is 4.90 Å². The fraction of sp³-hybridized carbons (Fsp3) is 0.400. The molecule has 1 aromatic carbocycles. The van der Waals surface area contributed by atoms with Gasteiger partial charge in [0.25, 0.3) is 0 Å². The molecule has 0 bridgehead atoms. The van der Waals surface area contributed by atoms with Crippen LogP contribution in [0.1, 0.15) is 29.8 Å². The molecular formula is C15H18N2O. The average Bonchev–Trinajstić information content (AvgIpc) is 2.82. The molecular weight excluding hydrogens is 224 g/mol. The first-order chi connectivity index (χ1) is 8.65. The minimum absolute atomic E-state index is 0.509. The van der Waals surface area contributed by atoms with Crippen LogP contribution in [-0.4, -0.2) is 11.0 Å². The number of nitrogens with zero attached hydrogens (tertiary/aromatic N) is 2. The minimum Gasteiger partial charge on any atom is -0.444 e. The van der Waals surface area contributed by atoms with Crippen LogP contribution >= 0.6 is 0 Å². The zero-order valence-electron chi connectivity index (χ0n) is 11.1. The van der Waals surface area contributed by atoms with Crippen LogP contribution in [-0.2, 0) is 13.0 Å². The van der Waals surface area contributed by atoms with Crippen LogP contribution in [0.25, 0.3) is 0 Å². The van der Waals surface area contributed by atoms with E-state index in [-0.39, 0.29) is 0 Å². The van der Waals surface area contributed by atoms with E-state index in [1.54, 1.807) is 0 Å². The van der Waals surface area contributed by atoms with E-state index in [1.807, 2.05) is 13.8 Å². The van der Waals surface area contributed by atoms with E-state index >= 15 is 0 Å². The van der Waals surface area contributed by atoms with Gasteiger partial charge in [-0.3, -0.25) is 0 Å². The standard InChI is InChI=1S/C15H18N2O/c1-10-8-13-6-4-5-7-14(13)17(10)9-15-16-11(2)12(3)18-15/h4-7,10H,8-9H2,1-3H3. The van der Waals surface area contributed by atoms with Crippen molar-refractivity contribution in [3.63, 3.8) is 0 Å². The second kappa shape index (κ2) is 4.16. The molecule has 0 saturated carbocycles. The maximum absolute atomic E-state index is 5.69. The van der Waals surface area contributed by atoms with Crippen LogP contribution in [0.4, 0.5) is 5.69 Å². The first-order valence-corrected chi connectivity index (χ1v) is 6.42. The van der Waals surface area contributed by atoms with Crippen LogP contribution < -0.4 is 4.90 Å². The number of benzene rings is 1.